The lowest BCUT2D eigenvalue weighted by Crippen LogP contribution is -1.80. The predicted molar refractivity (Wildman–Crippen MR) is 51.7 cm³/mol. The van der Waals surface area contributed by atoms with Gasteiger partial charge in [-0.15, -0.1) is 0 Å². The van der Waals surface area contributed by atoms with Crippen molar-refractivity contribution in [2.24, 2.45) is 0 Å². The molecule has 1 aliphatic rings. The van der Waals surface area contributed by atoms with E-state index in [1.165, 1.54) is 5.56 Å². The Kier molecular flexibility index (Phi) is 1.67. The molecule has 0 saturated carbocycles. The van der Waals surface area contributed by atoms with Crippen LogP contribution in [0, 0.1) is 0 Å². The van der Waals surface area contributed by atoms with E-state index in [1.807, 2.05) is 24.3 Å². The van der Waals surface area contributed by atoms with Crippen molar-refractivity contribution in [1.29, 1.82) is 0 Å². The quantitative estimate of drug-likeness (QED) is 0.673. The lowest BCUT2D eigenvalue weighted by molar-refractivity contribution is 0.376. The first-order chi connectivity index (χ1) is 6.95. The van der Waals surface area contributed by atoms with Gasteiger partial charge >= 0.3 is 0 Å². The molecule has 14 heavy (non-hydrogen) atoms. The highest BCUT2D eigenvalue weighted by molar-refractivity contribution is 5.27. The minimum absolute atomic E-state index is 0.191. The summed E-state index contributed by atoms with van der Waals surface area (Å²) in [5.74, 6) is 0. The van der Waals surface area contributed by atoms with Gasteiger partial charge in [-0.2, -0.15) is 0 Å². The highest BCUT2D eigenvalue weighted by atomic mass is 16.6. The second-order valence-corrected chi connectivity index (χ2v) is 3.44. The van der Waals surface area contributed by atoms with E-state index in [-0.39, 0.29) is 12.2 Å². The molecule has 70 valence electrons. The molecule has 1 saturated heterocycles. The third-order valence-corrected chi connectivity index (χ3v) is 2.49. The molecule has 2 heteroatoms. The van der Waals surface area contributed by atoms with Gasteiger partial charge in [-0.25, -0.2) is 0 Å². The number of ether oxygens (including phenoxy) is 1. The van der Waals surface area contributed by atoms with Crippen LogP contribution in [-0.2, 0) is 4.74 Å². The van der Waals surface area contributed by atoms with Gasteiger partial charge in [0.15, 0.2) is 0 Å². The zero-order chi connectivity index (χ0) is 9.38. The third kappa shape index (κ3) is 1.24. The number of epoxide rings is 1. The van der Waals surface area contributed by atoms with Crippen LogP contribution in [0.5, 0.6) is 0 Å². The summed E-state index contributed by atoms with van der Waals surface area (Å²) in [7, 11) is 0. The molecule has 1 fully saturated rings. The SMILES string of the molecule is c1ccc([C@@H]2O[C@@H]2c2ccoc2)cc1. The van der Waals surface area contributed by atoms with Gasteiger partial charge in [0.05, 0.1) is 12.5 Å². The van der Waals surface area contributed by atoms with Gasteiger partial charge in [0.25, 0.3) is 0 Å². The molecular formula is C12H10O2. The van der Waals surface area contributed by atoms with Crippen LogP contribution in [-0.4, -0.2) is 0 Å². The number of hydrogen-bond acceptors (Lipinski definition) is 2. The fraction of sp³-hybridized carbons (Fsp3) is 0.167. The van der Waals surface area contributed by atoms with E-state index in [0.29, 0.717) is 0 Å². The number of furan rings is 1. The number of hydrogen-bond donors (Lipinski definition) is 0. The Balaban J connectivity index is 1.81. The lowest BCUT2D eigenvalue weighted by atomic mass is 10.1. The summed E-state index contributed by atoms with van der Waals surface area (Å²) in [6.45, 7) is 0. The van der Waals surface area contributed by atoms with E-state index < -0.39 is 0 Å². The van der Waals surface area contributed by atoms with Crippen LogP contribution in [0.2, 0.25) is 0 Å². The molecule has 0 spiro atoms. The maximum Gasteiger partial charge on any atom is 0.117 e. The Hall–Kier alpha value is -1.54. The third-order valence-electron chi connectivity index (χ3n) is 2.49. The Morgan fingerprint density at radius 2 is 1.64 bits per heavy atom. The van der Waals surface area contributed by atoms with Crippen LogP contribution in [0.15, 0.2) is 53.3 Å². The molecule has 2 nitrogen and oxygen atoms in total. The molecule has 2 heterocycles. The molecule has 3 rings (SSSR count). The summed E-state index contributed by atoms with van der Waals surface area (Å²) in [5.41, 5.74) is 2.36. The molecule has 1 aromatic carbocycles. The summed E-state index contributed by atoms with van der Waals surface area (Å²) in [5, 5.41) is 0. The van der Waals surface area contributed by atoms with Crippen molar-refractivity contribution in [2.45, 2.75) is 12.2 Å². The topological polar surface area (TPSA) is 25.7 Å². The average molecular weight is 186 g/mol. The maximum absolute atomic E-state index is 5.59. The zero-order valence-corrected chi connectivity index (χ0v) is 7.59. The fourth-order valence-electron chi connectivity index (χ4n) is 1.70. The first-order valence-corrected chi connectivity index (χ1v) is 4.67. The molecule has 2 aromatic rings. The Morgan fingerprint density at radius 1 is 0.857 bits per heavy atom. The summed E-state index contributed by atoms with van der Waals surface area (Å²) < 4.78 is 10.6. The van der Waals surface area contributed by atoms with Crippen LogP contribution < -0.4 is 0 Å². The van der Waals surface area contributed by atoms with Gasteiger partial charge < -0.3 is 9.15 Å². The predicted octanol–water partition coefficient (Wildman–Crippen LogP) is 3.09. The van der Waals surface area contributed by atoms with Gasteiger partial charge in [0.2, 0.25) is 0 Å². The van der Waals surface area contributed by atoms with Crippen LogP contribution in [0.1, 0.15) is 23.3 Å². The molecule has 0 aliphatic carbocycles. The van der Waals surface area contributed by atoms with Gasteiger partial charge in [-0.05, 0) is 11.6 Å². The normalized spacial score (nSPS) is 24.9. The Labute approximate surface area is 82.1 Å². The molecule has 1 aliphatic heterocycles. The molecule has 1 aromatic heterocycles. The van der Waals surface area contributed by atoms with Crippen molar-refractivity contribution in [3.8, 4) is 0 Å². The molecule has 0 unspecified atom stereocenters. The Morgan fingerprint density at radius 3 is 2.36 bits per heavy atom. The van der Waals surface area contributed by atoms with Crippen molar-refractivity contribution >= 4 is 0 Å². The van der Waals surface area contributed by atoms with Crippen molar-refractivity contribution < 1.29 is 9.15 Å². The fourth-order valence-corrected chi connectivity index (χ4v) is 1.70. The molecule has 2 atom stereocenters. The average Bonchev–Trinajstić information content (AvgIpc) is 2.87. The van der Waals surface area contributed by atoms with Crippen LogP contribution >= 0.6 is 0 Å². The molecule has 0 bridgehead atoms. The van der Waals surface area contributed by atoms with Crippen molar-refractivity contribution in [1.82, 2.24) is 0 Å². The smallest absolute Gasteiger partial charge is 0.117 e. The molecule has 0 radical (unpaired) electrons. The largest absolute Gasteiger partial charge is 0.472 e. The van der Waals surface area contributed by atoms with Crippen LogP contribution in [0.25, 0.3) is 0 Å². The standard InChI is InChI=1S/C12H10O2/c1-2-4-9(5-3-1)11-12(14-11)10-6-7-13-8-10/h1-8,11-12H/t11-,12+/m0/s1. The second-order valence-electron chi connectivity index (χ2n) is 3.44. The van der Waals surface area contributed by atoms with Crippen LogP contribution in [0.3, 0.4) is 0 Å². The molecular weight excluding hydrogens is 176 g/mol. The monoisotopic (exact) mass is 186 g/mol. The maximum atomic E-state index is 5.59. The van der Waals surface area contributed by atoms with Crippen molar-refractivity contribution in [3.05, 3.63) is 60.1 Å². The van der Waals surface area contributed by atoms with E-state index in [4.69, 9.17) is 9.15 Å². The van der Waals surface area contributed by atoms with Crippen molar-refractivity contribution in [3.63, 3.8) is 0 Å². The molecule has 0 N–H and O–H groups in total. The first kappa shape index (κ1) is 7.83. The van der Waals surface area contributed by atoms with Gasteiger partial charge in [0, 0.05) is 5.56 Å². The summed E-state index contributed by atoms with van der Waals surface area (Å²) in [6.07, 6.45) is 3.83. The van der Waals surface area contributed by atoms with Gasteiger partial charge in [0.1, 0.15) is 12.2 Å². The highest BCUT2D eigenvalue weighted by Gasteiger charge is 2.41. The van der Waals surface area contributed by atoms with E-state index in [2.05, 4.69) is 12.1 Å². The summed E-state index contributed by atoms with van der Waals surface area (Å²) in [4.78, 5) is 0. The summed E-state index contributed by atoms with van der Waals surface area (Å²) >= 11 is 0. The first-order valence-electron chi connectivity index (χ1n) is 4.67. The lowest BCUT2D eigenvalue weighted by Gasteiger charge is -1.92. The number of rotatable bonds is 2. The van der Waals surface area contributed by atoms with E-state index in [1.54, 1.807) is 12.5 Å². The zero-order valence-electron chi connectivity index (χ0n) is 7.59. The van der Waals surface area contributed by atoms with Gasteiger partial charge in [-0.1, -0.05) is 30.3 Å². The minimum Gasteiger partial charge on any atom is -0.472 e. The number of benzene rings is 1. The highest BCUT2D eigenvalue weighted by Crippen LogP contribution is 2.50. The second kappa shape index (κ2) is 3.00. The van der Waals surface area contributed by atoms with Crippen LogP contribution in [0.4, 0.5) is 0 Å². The van der Waals surface area contributed by atoms with E-state index >= 15 is 0 Å². The Bertz CT molecular complexity index is 405. The minimum atomic E-state index is 0.191. The molecule has 0 amide bonds. The summed E-state index contributed by atoms with van der Waals surface area (Å²) in [6, 6.07) is 12.2. The van der Waals surface area contributed by atoms with E-state index in [0.717, 1.165) is 5.56 Å². The van der Waals surface area contributed by atoms with Crippen molar-refractivity contribution in [2.75, 3.05) is 0 Å². The van der Waals surface area contributed by atoms with Gasteiger partial charge in [-0.3, -0.25) is 0 Å². The van der Waals surface area contributed by atoms with E-state index in [9.17, 15) is 0 Å².